The van der Waals surface area contributed by atoms with Gasteiger partial charge in [-0.15, -0.1) is 5.10 Å². The van der Waals surface area contributed by atoms with Crippen LogP contribution >= 0.6 is 0 Å². The summed E-state index contributed by atoms with van der Waals surface area (Å²) in [6.45, 7) is 7.90. The number of ether oxygens (including phenoxy) is 2. The molecule has 2 aromatic rings. The van der Waals surface area contributed by atoms with E-state index in [2.05, 4.69) is 15.4 Å². The minimum Gasteiger partial charge on any atom is -0.424 e. The summed E-state index contributed by atoms with van der Waals surface area (Å²) in [7, 11) is 0. The van der Waals surface area contributed by atoms with Crippen LogP contribution in [0.15, 0.2) is 18.2 Å². The quantitative estimate of drug-likeness (QED) is 0.425. The molecule has 3 heterocycles. The molecule has 9 nitrogen and oxygen atoms in total. The van der Waals surface area contributed by atoms with Gasteiger partial charge in [-0.1, -0.05) is 6.07 Å². The Balaban J connectivity index is 1.47. The highest BCUT2D eigenvalue weighted by Gasteiger charge is 2.48. The molecule has 2 saturated heterocycles. The van der Waals surface area contributed by atoms with E-state index in [1.165, 1.54) is 30.7 Å². The van der Waals surface area contributed by atoms with Crippen LogP contribution in [0.1, 0.15) is 44.4 Å². The number of fused-ring (bicyclic) bond motifs is 2. The number of hydrogen-bond acceptors (Lipinski definition) is 7. The fourth-order valence-corrected chi connectivity index (χ4v) is 4.50. The lowest BCUT2D eigenvalue weighted by atomic mass is 9.66. The summed E-state index contributed by atoms with van der Waals surface area (Å²) < 4.78 is 52.2. The molecule has 3 N–H and O–H groups in total. The first-order chi connectivity index (χ1) is 15.9. The zero-order valence-corrected chi connectivity index (χ0v) is 19.4. The van der Waals surface area contributed by atoms with Crippen molar-refractivity contribution in [3.8, 4) is 11.8 Å². The van der Waals surface area contributed by atoms with Gasteiger partial charge in [0.05, 0.1) is 11.6 Å². The van der Waals surface area contributed by atoms with Crippen molar-refractivity contribution in [2.45, 2.75) is 52.4 Å². The molecule has 2 aliphatic heterocycles. The molecule has 1 aliphatic carbocycles. The number of aryl methyl sites for hydroxylation is 1. The van der Waals surface area contributed by atoms with Crippen molar-refractivity contribution in [3.05, 3.63) is 29.3 Å². The normalized spacial score (nSPS) is 21.8. The van der Waals surface area contributed by atoms with Crippen LogP contribution in [-0.2, 0) is 10.9 Å². The van der Waals surface area contributed by atoms with Gasteiger partial charge in [0.15, 0.2) is 5.90 Å². The maximum atomic E-state index is 13.3. The summed E-state index contributed by atoms with van der Waals surface area (Å²) >= 11 is 0. The van der Waals surface area contributed by atoms with E-state index in [-0.39, 0.29) is 53.2 Å². The Morgan fingerprint density at radius 1 is 1.21 bits per heavy atom. The van der Waals surface area contributed by atoms with Crippen LogP contribution in [0.4, 0.5) is 19.1 Å². The topological polar surface area (TPSA) is 112 Å². The Morgan fingerprint density at radius 2 is 1.88 bits per heavy atom. The fourth-order valence-electron chi connectivity index (χ4n) is 4.50. The third-order valence-electron chi connectivity index (χ3n) is 6.18. The van der Waals surface area contributed by atoms with Crippen LogP contribution in [0.3, 0.4) is 0 Å². The van der Waals surface area contributed by atoms with Gasteiger partial charge >= 0.3 is 12.2 Å². The first-order valence-electron chi connectivity index (χ1n) is 11.1. The lowest BCUT2D eigenvalue weighted by Crippen LogP contribution is -2.62. The predicted octanol–water partition coefficient (Wildman–Crippen LogP) is 4.66. The number of benzene rings is 1. The van der Waals surface area contributed by atoms with Crippen molar-refractivity contribution in [2.75, 3.05) is 18.4 Å². The number of halogens is 3. The summed E-state index contributed by atoms with van der Waals surface area (Å²) in [5, 5.41) is 23.2. The highest BCUT2D eigenvalue weighted by atomic mass is 19.4. The minimum absolute atomic E-state index is 0.0186. The lowest BCUT2D eigenvalue weighted by Gasteiger charge is -2.53. The van der Waals surface area contributed by atoms with Crippen LogP contribution in [0.5, 0.6) is 11.8 Å². The van der Waals surface area contributed by atoms with Crippen LogP contribution < -0.4 is 10.1 Å². The standard InChI is InChI=1S/C22H28F3N7O2/c1-11(2)32-21(34-16-6-5-12(3)17(8-16)22(23,24)25)29-20(30-32)28-18-14-7-15(18)10-31(9-14)19(27)33-13(4)26/h5-6,8,11,14-15,18,26-27H,7,9-10H2,1-4H3,(H,28,30)/t14-,15+,18?. The molecule has 0 amide bonds. The summed E-state index contributed by atoms with van der Waals surface area (Å²) in [4.78, 5) is 6.23. The SMILES string of the molecule is CC(=N)OC(=N)N1C[C@H]2C[C@@H](C1)C2Nc1nc(Oc2ccc(C)c(C(F)(F)F)c2)n(C(C)C)n1. The van der Waals surface area contributed by atoms with Gasteiger partial charge in [0, 0.05) is 26.1 Å². The summed E-state index contributed by atoms with van der Waals surface area (Å²) in [6, 6.07) is 3.90. The first-order valence-corrected chi connectivity index (χ1v) is 11.1. The molecule has 0 spiro atoms. The molecule has 184 valence electrons. The van der Waals surface area contributed by atoms with E-state index in [4.69, 9.17) is 20.3 Å². The molecule has 34 heavy (non-hydrogen) atoms. The van der Waals surface area contributed by atoms with Crippen molar-refractivity contribution in [2.24, 2.45) is 11.8 Å². The fraction of sp³-hybridized carbons (Fsp3) is 0.545. The molecule has 1 aromatic carbocycles. The third kappa shape index (κ3) is 4.80. The number of alkyl halides is 3. The van der Waals surface area contributed by atoms with Crippen LogP contribution in [0, 0.1) is 29.6 Å². The summed E-state index contributed by atoms with van der Waals surface area (Å²) in [5.74, 6) is 0.883. The van der Waals surface area contributed by atoms with E-state index < -0.39 is 11.7 Å². The molecule has 3 fully saturated rings. The van der Waals surface area contributed by atoms with Gasteiger partial charge < -0.3 is 19.7 Å². The number of anilines is 1. The first kappa shape index (κ1) is 23.8. The second kappa shape index (κ2) is 8.80. The molecule has 0 radical (unpaired) electrons. The molecule has 2 bridgehead atoms. The molecule has 1 aromatic heterocycles. The van der Waals surface area contributed by atoms with Crippen molar-refractivity contribution in [1.82, 2.24) is 19.7 Å². The van der Waals surface area contributed by atoms with Gasteiger partial charge in [-0.25, -0.2) is 4.68 Å². The molecule has 1 unspecified atom stereocenters. The number of nitrogens with one attached hydrogen (secondary N) is 3. The Labute approximate surface area is 195 Å². The highest BCUT2D eigenvalue weighted by molar-refractivity contribution is 5.86. The average molecular weight is 480 g/mol. The number of rotatable bonds is 5. The highest BCUT2D eigenvalue weighted by Crippen LogP contribution is 2.42. The van der Waals surface area contributed by atoms with Crippen molar-refractivity contribution < 1.29 is 22.6 Å². The number of piperidine rings is 2. The van der Waals surface area contributed by atoms with Crippen LogP contribution in [0.2, 0.25) is 0 Å². The van der Waals surface area contributed by atoms with E-state index in [0.717, 1.165) is 12.5 Å². The van der Waals surface area contributed by atoms with E-state index in [1.54, 1.807) is 0 Å². The zero-order chi connectivity index (χ0) is 24.8. The van der Waals surface area contributed by atoms with Gasteiger partial charge in [-0.3, -0.25) is 10.8 Å². The van der Waals surface area contributed by atoms with Gasteiger partial charge in [-0.2, -0.15) is 18.2 Å². The average Bonchev–Trinajstić information content (AvgIpc) is 3.15. The van der Waals surface area contributed by atoms with Gasteiger partial charge in [0.25, 0.3) is 6.02 Å². The van der Waals surface area contributed by atoms with Crippen LogP contribution in [0.25, 0.3) is 0 Å². The number of aromatic nitrogens is 3. The molecule has 3 atom stereocenters. The molecule has 3 aliphatic rings. The monoisotopic (exact) mass is 479 g/mol. The van der Waals surface area contributed by atoms with E-state index in [0.29, 0.717) is 19.0 Å². The summed E-state index contributed by atoms with van der Waals surface area (Å²) in [5.41, 5.74) is -0.633. The van der Waals surface area contributed by atoms with Crippen molar-refractivity contribution in [3.63, 3.8) is 0 Å². The molecule has 5 rings (SSSR count). The van der Waals surface area contributed by atoms with Crippen molar-refractivity contribution in [1.29, 1.82) is 10.8 Å². The van der Waals surface area contributed by atoms with Gasteiger partial charge in [0.1, 0.15) is 5.75 Å². The molecular formula is C22H28F3N7O2. The third-order valence-corrected chi connectivity index (χ3v) is 6.18. The van der Waals surface area contributed by atoms with Gasteiger partial charge in [-0.05, 0) is 56.7 Å². The molecule has 1 saturated carbocycles. The predicted molar refractivity (Wildman–Crippen MR) is 119 cm³/mol. The second-order valence-electron chi connectivity index (χ2n) is 9.13. The molecule has 12 heteroatoms. The Hall–Kier alpha value is -3.31. The molecular weight excluding hydrogens is 451 g/mol. The van der Waals surface area contributed by atoms with E-state index in [9.17, 15) is 13.2 Å². The minimum atomic E-state index is -4.48. The maximum absolute atomic E-state index is 13.3. The Bertz CT molecular complexity index is 1090. The lowest BCUT2D eigenvalue weighted by molar-refractivity contribution is -0.138. The second-order valence-corrected chi connectivity index (χ2v) is 9.13. The van der Waals surface area contributed by atoms with Crippen molar-refractivity contribution >= 4 is 17.9 Å². The van der Waals surface area contributed by atoms with E-state index >= 15 is 0 Å². The van der Waals surface area contributed by atoms with Crippen LogP contribution in [-0.4, -0.2) is 50.7 Å². The number of nitrogens with zero attached hydrogens (tertiary/aromatic N) is 4. The number of hydrogen-bond donors (Lipinski definition) is 3. The maximum Gasteiger partial charge on any atom is 0.416 e. The Kier molecular flexibility index (Phi) is 6.17. The largest absolute Gasteiger partial charge is 0.424 e. The zero-order valence-electron chi connectivity index (χ0n) is 19.4. The van der Waals surface area contributed by atoms with Gasteiger partial charge in [0.2, 0.25) is 5.95 Å². The number of amidine groups is 1. The van der Waals surface area contributed by atoms with E-state index in [1.807, 2.05) is 18.7 Å². The smallest absolute Gasteiger partial charge is 0.416 e. The summed E-state index contributed by atoms with van der Waals surface area (Å²) in [6.07, 6.45) is -3.47. The Morgan fingerprint density at radius 3 is 2.47 bits per heavy atom.